The maximum Gasteiger partial charge on any atom is 0.344 e. The summed E-state index contributed by atoms with van der Waals surface area (Å²) in [6.07, 6.45) is 0. The quantitative estimate of drug-likeness (QED) is 0.489. The zero-order chi connectivity index (χ0) is 22.1. The second-order valence-corrected chi connectivity index (χ2v) is 7.56. The van der Waals surface area contributed by atoms with E-state index in [9.17, 15) is 14.4 Å². The minimum Gasteiger partial charge on any atom is -0.314 e. The summed E-state index contributed by atoms with van der Waals surface area (Å²) in [6, 6.07) is 30.2. The lowest BCUT2D eigenvalue weighted by Gasteiger charge is -2.27. The van der Waals surface area contributed by atoms with Gasteiger partial charge in [-0.25, -0.2) is 4.79 Å². The molecule has 5 rings (SSSR count). The van der Waals surface area contributed by atoms with Gasteiger partial charge in [-0.1, -0.05) is 91.0 Å². The first-order valence-electron chi connectivity index (χ1n) is 10.2. The third-order valence-electron chi connectivity index (χ3n) is 5.66. The van der Waals surface area contributed by atoms with E-state index in [2.05, 4.69) is 10.7 Å². The van der Waals surface area contributed by atoms with Crippen molar-refractivity contribution in [2.24, 2.45) is 0 Å². The summed E-state index contributed by atoms with van der Waals surface area (Å²) in [7, 11) is 0. The summed E-state index contributed by atoms with van der Waals surface area (Å²) in [4.78, 5) is 39.5. The van der Waals surface area contributed by atoms with Crippen LogP contribution in [-0.2, 0) is 10.3 Å². The number of fused-ring (bicyclic) bond motifs is 1. The number of nitrogens with one attached hydrogen (secondary N) is 2. The van der Waals surface area contributed by atoms with Crippen LogP contribution in [0.5, 0.6) is 0 Å². The number of amides is 4. The maximum atomic E-state index is 13.6. The minimum atomic E-state index is -1.43. The standard InChI is InChI=1S/C26H19N3O3/c30-23(20-16-15-18-9-7-8-10-19(18)17-20)28-29-24(31)26(27-25(29)32,21-11-3-1-4-12-21)22-13-5-2-6-14-22/h1-17H,(H,27,32)(H,28,30). The molecule has 0 aromatic heterocycles. The van der Waals surface area contributed by atoms with E-state index in [0.717, 1.165) is 15.8 Å². The monoisotopic (exact) mass is 421 g/mol. The molecule has 0 bridgehead atoms. The Labute approximate surface area is 184 Å². The summed E-state index contributed by atoms with van der Waals surface area (Å²) < 4.78 is 0. The van der Waals surface area contributed by atoms with Crippen LogP contribution in [0.4, 0.5) is 4.79 Å². The number of carbonyl (C=O) groups is 3. The lowest BCUT2D eigenvalue weighted by Crippen LogP contribution is -2.49. The Morgan fingerprint density at radius 3 is 1.91 bits per heavy atom. The Morgan fingerprint density at radius 2 is 1.28 bits per heavy atom. The van der Waals surface area contributed by atoms with Crippen LogP contribution >= 0.6 is 0 Å². The highest BCUT2D eigenvalue weighted by atomic mass is 16.2. The van der Waals surface area contributed by atoms with Crippen molar-refractivity contribution in [3.8, 4) is 0 Å². The highest BCUT2D eigenvalue weighted by Crippen LogP contribution is 2.35. The fourth-order valence-corrected chi connectivity index (χ4v) is 4.06. The van der Waals surface area contributed by atoms with Gasteiger partial charge in [0.05, 0.1) is 0 Å². The molecule has 32 heavy (non-hydrogen) atoms. The number of nitrogens with zero attached hydrogens (tertiary/aromatic N) is 1. The van der Waals surface area contributed by atoms with Gasteiger partial charge in [-0.05, 0) is 34.0 Å². The van der Waals surface area contributed by atoms with E-state index < -0.39 is 23.4 Å². The van der Waals surface area contributed by atoms with Crippen LogP contribution in [0.2, 0.25) is 0 Å². The molecule has 0 aliphatic carbocycles. The molecule has 4 aromatic rings. The van der Waals surface area contributed by atoms with Crippen LogP contribution < -0.4 is 10.7 Å². The molecule has 1 aliphatic heterocycles. The van der Waals surface area contributed by atoms with Gasteiger partial charge in [0.1, 0.15) is 0 Å². The van der Waals surface area contributed by atoms with E-state index in [-0.39, 0.29) is 0 Å². The first-order valence-corrected chi connectivity index (χ1v) is 10.2. The molecular weight excluding hydrogens is 402 g/mol. The van der Waals surface area contributed by atoms with Crippen molar-refractivity contribution in [1.29, 1.82) is 0 Å². The lowest BCUT2D eigenvalue weighted by molar-refractivity contribution is -0.131. The number of rotatable bonds is 4. The van der Waals surface area contributed by atoms with Crippen LogP contribution in [0.1, 0.15) is 21.5 Å². The molecule has 1 aliphatic rings. The molecule has 0 atom stereocenters. The molecule has 2 N–H and O–H groups in total. The van der Waals surface area contributed by atoms with E-state index in [1.54, 1.807) is 60.7 Å². The van der Waals surface area contributed by atoms with Crippen molar-refractivity contribution in [1.82, 2.24) is 15.8 Å². The van der Waals surface area contributed by atoms with Gasteiger partial charge in [0.15, 0.2) is 5.54 Å². The average Bonchev–Trinajstić information content (AvgIpc) is 3.10. The molecule has 0 saturated carbocycles. The van der Waals surface area contributed by atoms with E-state index >= 15 is 0 Å². The molecule has 156 valence electrons. The highest BCUT2D eigenvalue weighted by molar-refractivity contribution is 6.11. The molecule has 4 aromatic carbocycles. The van der Waals surface area contributed by atoms with Crippen LogP contribution in [0, 0.1) is 0 Å². The molecular formula is C26H19N3O3. The third kappa shape index (κ3) is 3.09. The molecule has 1 fully saturated rings. The summed E-state index contributed by atoms with van der Waals surface area (Å²) in [6.45, 7) is 0. The first kappa shape index (κ1) is 19.5. The molecule has 6 nitrogen and oxygen atoms in total. The number of imide groups is 1. The normalized spacial score (nSPS) is 14.9. The van der Waals surface area contributed by atoms with Gasteiger partial charge >= 0.3 is 6.03 Å². The molecule has 4 amide bonds. The second kappa shape index (κ2) is 7.67. The Bertz CT molecular complexity index is 1300. The average molecular weight is 421 g/mol. The van der Waals surface area contributed by atoms with Crippen molar-refractivity contribution < 1.29 is 14.4 Å². The van der Waals surface area contributed by atoms with Crippen molar-refractivity contribution in [2.45, 2.75) is 5.54 Å². The molecule has 0 spiro atoms. The fourth-order valence-electron chi connectivity index (χ4n) is 4.06. The van der Waals surface area contributed by atoms with Gasteiger partial charge in [0.25, 0.3) is 11.8 Å². The van der Waals surface area contributed by atoms with Crippen LogP contribution in [0.25, 0.3) is 10.8 Å². The Morgan fingerprint density at radius 1 is 0.719 bits per heavy atom. The molecule has 1 saturated heterocycles. The third-order valence-corrected chi connectivity index (χ3v) is 5.66. The molecule has 0 radical (unpaired) electrons. The van der Waals surface area contributed by atoms with Crippen LogP contribution in [0.3, 0.4) is 0 Å². The summed E-state index contributed by atoms with van der Waals surface area (Å²) in [5.74, 6) is -1.12. The van der Waals surface area contributed by atoms with E-state index in [1.807, 2.05) is 42.5 Å². The zero-order valence-electron chi connectivity index (χ0n) is 17.0. The topological polar surface area (TPSA) is 78.5 Å². The van der Waals surface area contributed by atoms with Crippen LogP contribution in [-0.4, -0.2) is 22.9 Å². The first-order chi connectivity index (χ1) is 15.6. The summed E-state index contributed by atoms with van der Waals surface area (Å²) in [5, 5.41) is 5.45. The Balaban J connectivity index is 1.51. The zero-order valence-corrected chi connectivity index (χ0v) is 17.0. The van der Waals surface area contributed by atoms with Gasteiger partial charge in [-0.15, -0.1) is 0 Å². The molecule has 0 unspecified atom stereocenters. The lowest BCUT2D eigenvalue weighted by atomic mass is 9.83. The van der Waals surface area contributed by atoms with Crippen molar-refractivity contribution in [3.05, 3.63) is 120 Å². The van der Waals surface area contributed by atoms with Gasteiger partial charge in [0, 0.05) is 5.56 Å². The number of carbonyl (C=O) groups excluding carboxylic acids is 3. The second-order valence-electron chi connectivity index (χ2n) is 7.56. The number of hydrazine groups is 1. The largest absolute Gasteiger partial charge is 0.344 e. The predicted octanol–water partition coefficient (Wildman–Crippen LogP) is 3.98. The van der Waals surface area contributed by atoms with E-state index in [4.69, 9.17) is 0 Å². The highest BCUT2D eigenvalue weighted by Gasteiger charge is 2.54. The Hall–Kier alpha value is -4.45. The van der Waals surface area contributed by atoms with E-state index in [1.165, 1.54) is 0 Å². The summed E-state index contributed by atoms with van der Waals surface area (Å²) >= 11 is 0. The number of benzene rings is 4. The number of hydrogen-bond acceptors (Lipinski definition) is 3. The van der Waals surface area contributed by atoms with Crippen LogP contribution in [0.15, 0.2) is 103 Å². The number of hydrogen-bond donors (Lipinski definition) is 2. The Kier molecular flexibility index (Phi) is 4.67. The van der Waals surface area contributed by atoms with Gasteiger partial charge in [-0.3, -0.25) is 15.0 Å². The fraction of sp³-hybridized carbons (Fsp3) is 0.0385. The SMILES string of the molecule is O=C(NN1C(=O)NC(c2ccccc2)(c2ccccc2)C1=O)c1ccc2ccccc2c1. The van der Waals surface area contributed by atoms with E-state index in [0.29, 0.717) is 16.7 Å². The maximum absolute atomic E-state index is 13.6. The van der Waals surface area contributed by atoms with Crippen molar-refractivity contribution >= 4 is 28.6 Å². The van der Waals surface area contributed by atoms with Crippen molar-refractivity contribution in [2.75, 3.05) is 0 Å². The van der Waals surface area contributed by atoms with Gasteiger partial charge in [-0.2, -0.15) is 5.01 Å². The predicted molar refractivity (Wildman–Crippen MR) is 120 cm³/mol. The van der Waals surface area contributed by atoms with Gasteiger partial charge in [0.2, 0.25) is 0 Å². The van der Waals surface area contributed by atoms with Crippen molar-refractivity contribution in [3.63, 3.8) is 0 Å². The minimum absolute atomic E-state index is 0.348. The smallest absolute Gasteiger partial charge is 0.314 e. The summed E-state index contributed by atoms with van der Waals surface area (Å²) in [5.41, 5.74) is 2.61. The van der Waals surface area contributed by atoms with Gasteiger partial charge < -0.3 is 5.32 Å². The molecule has 6 heteroatoms. The number of urea groups is 1. The molecule has 1 heterocycles.